The Balaban J connectivity index is 1.85. The SMILES string of the molecule is CNCCC(C1=CC2=CC=CCC2S1)n1nnc(C)n1. The number of aromatic nitrogens is 4. The summed E-state index contributed by atoms with van der Waals surface area (Å²) in [6, 6.07) is 0.181. The number of rotatable bonds is 5. The Labute approximate surface area is 123 Å². The van der Waals surface area contributed by atoms with Gasteiger partial charge in [-0.05, 0) is 50.2 Å². The molecule has 2 heterocycles. The Kier molecular flexibility index (Phi) is 4.03. The summed E-state index contributed by atoms with van der Waals surface area (Å²) in [5.41, 5.74) is 1.42. The lowest BCUT2D eigenvalue weighted by atomic mass is 10.0. The van der Waals surface area contributed by atoms with E-state index in [0.717, 1.165) is 25.2 Å². The summed E-state index contributed by atoms with van der Waals surface area (Å²) in [5.74, 6) is 0.723. The summed E-state index contributed by atoms with van der Waals surface area (Å²) < 4.78 is 0. The van der Waals surface area contributed by atoms with Gasteiger partial charge in [0.1, 0.15) is 6.04 Å². The lowest BCUT2D eigenvalue weighted by Gasteiger charge is -2.17. The molecule has 0 amide bonds. The van der Waals surface area contributed by atoms with Crippen LogP contribution in [0.2, 0.25) is 0 Å². The van der Waals surface area contributed by atoms with Gasteiger partial charge in [0.05, 0.1) is 0 Å². The lowest BCUT2D eigenvalue weighted by molar-refractivity contribution is 0.427. The molecular weight excluding hydrogens is 270 g/mol. The zero-order valence-corrected chi connectivity index (χ0v) is 12.6. The van der Waals surface area contributed by atoms with E-state index in [2.05, 4.69) is 45.0 Å². The molecule has 0 saturated heterocycles. The zero-order chi connectivity index (χ0) is 13.9. The van der Waals surface area contributed by atoms with Gasteiger partial charge >= 0.3 is 0 Å². The van der Waals surface area contributed by atoms with Gasteiger partial charge in [-0.3, -0.25) is 0 Å². The summed E-state index contributed by atoms with van der Waals surface area (Å²) in [7, 11) is 1.97. The van der Waals surface area contributed by atoms with Crippen LogP contribution in [-0.4, -0.2) is 39.0 Å². The minimum Gasteiger partial charge on any atom is -0.320 e. The topological polar surface area (TPSA) is 55.6 Å². The van der Waals surface area contributed by atoms with Crippen LogP contribution in [-0.2, 0) is 0 Å². The number of fused-ring (bicyclic) bond motifs is 1. The van der Waals surface area contributed by atoms with E-state index in [1.54, 1.807) is 4.80 Å². The van der Waals surface area contributed by atoms with Gasteiger partial charge < -0.3 is 5.32 Å². The summed E-state index contributed by atoms with van der Waals surface area (Å²) in [5, 5.41) is 16.4. The fourth-order valence-corrected chi connectivity index (χ4v) is 3.89. The van der Waals surface area contributed by atoms with Gasteiger partial charge in [-0.1, -0.05) is 18.2 Å². The van der Waals surface area contributed by atoms with Crippen LogP contribution < -0.4 is 5.32 Å². The Morgan fingerprint density at radius 1 is 1.55 bits per heavy atom. The molecule has 1 aliphatic carbocycles. The molecule has 5 nitrogen and oxygen atoms in total. The Morgan fingerprint density at radius 2 is 2.45 bits per heavy atom. The van der Waals surface area contributed by atoms with Crippen molar-refractivity contribution >= 4 is 11.8 Å². The molecule has 3 rings (SSSR count). The van der Waals surface area contributed by atoms with Crippen molar-refractivity contribution in [2.45, 2.75) is 31.1 Å². The van der Waals surface area contributed by atoms with Crippen LogP contribution in [0.5, 0.6) is 0 Å². The molecule has 20 heavy (non-hydrogen) atoms. The summed E-state index contributed by atoms with van der Waals surface area (Å²) in [6.45, 7) is 2.81. The van der Waals surface area contributed by atoms with Gasteiger partial charge in [0.25, 0.3) is 0 Å². The number of allylic oxidation sites excluding steroid dienone is 5. The molecule has 106 valence electrons. The molecule has 6 heteroatoms. The fourth-order valence-electron chi connectivity index (χ4n) is 2.50. The normalized spacial score (nSPS) is 22.4. The maximum Gasteiger partial charge on any atom is 0.171 e. The van der Waals surface area contributed by atoms with E-state index in [-0.39, 0.29) is 6.04 Å². The predicted octanol–water partition coefficient (Wildman–Crippen LogP) is 2.02. The average Bonchev–Trinajstić information content (AvgIpc) is 3.05. The maximum absolute atomic E-state index is 4.40. The number of thioether (sulfide) groups is 1. The smallest absolute Gasteiger partial charge is 0.171 e. The minimum absolute atomic E-state index is 0.181. The molecule has 0 radical (unpaired) electrons. The van der Waals surface area contributed by atoms with Gasteiger partial charge in [-0.25, -0.2) is 0 Å². The number of nitrogens with zero attached hydrogens (tertiary/aromatic N) is 4. The van der Waals surface area contributed by atoms with Gasteiger partial charge in [0.15, 0.2) is 5.82 Å². The van der Waals surface area contributed by atoms with Crippen LogP contribution in [0.15, 0.2) is 34.8 Å². The minimum atomic E-state index is 0.181. The Bertz CT molecular complexity index is 572. The van der Waals surface area contributed by atoms with E-state index < -0.39 is 0 Å². The van der Waals surface area contributed by atoms with Crippen LogP contribution in [0.4, 0.5) is 0 Å². The van der Waals surface area contributed by atoms with E-state index in [0.29, 0.717) is 5.25 Å². The van der Waals surface area contributed by atoms with Crippen molar-refractivity contribution in [3.63, 3.8) is 0 Å². The summed E-state index contributed by atoms with van der Waals surface area (Å²) >= 11 is 1.94. The van der Waals surface area contributed by atoms with Crippen molar-refractivity contribution in [3.8, 4) is 0 Å². The molecule has 2 aliphatic rings. The number of hydrogen-bond donors (Lipinski definition) is 1. The lowest BCUT2D eigenvalue weighted by Crippen LogP contribution is -2.19. The third kappa shape index (κ3) is 2.71. The average molecular weight is 289 g/mol. The molecule has 0 saturated carbocycles. The number of hydrogen-bond acceptors (Lipinski definition) is 5. The Morgan fingerprint density at radius 3 is 3.15 bits per heavy atom. The highest BCUT2D eigenvalue weighted by atomic mass is 32.2. The van der Waals surface area contributed by atoms with Crippen molar-refractivity contribution in [1.29, 1.82) is 0 Å². The second-order valence-corrected chi connectivity index (χ2v) is 6.32. The predicted molar refractivity (Wildman–Crippen MR) is 81.4 cm³/mol. The van der Waals surface area contributed by atoms with Crippen LogP contribution >= 0.6 is 11.8 Å². The molecule has 0 bridgehead atoms. The van der Waals surface area contributed by atoms with Crippen LogP contribution in [0.1, 0.15) is 24.7 Å². The molecule has 0 spiro atoms. The van der Waals surface area contributed by atoms with E-state index in [9.17, 15) is 0 Å². The first kappa shape index (κ1) is 13.6. The van der Waals surface area contributed by atoms with E-state index in [4.69, 9.17) is 0 Å². The first-order chi connectivity index (χ1) is 9.78. The molecule has 1 N–H and O–H groups in total. The Hall–Kier alpha value is -1.40. The van der Waals surface area contributed by atoms with Crippen molar-refractivity contribution in [2.24, 2.45) is 0 Å². The van der Waals surface area contributed by atoms with Crippen molar-refractivity contribution in [2.75, 3.05) is 13.6 Å². The molecule has 0 aromatic carbocycles. The number of nitrogens with one attached hydrogen (secondary N) is 1. The van der Waals surface area contributed by atoms with Gasteiger partial charge in [0, 0.05) is 10.2 Å². The molecule has 2 unspecified atom stereocenters. The van der Waals surface area contributed by atoms with Crippen LogP contribution in [0.3, 0.4) is 0 Å². The van der Waals surface area contributed by atoms with E-state index >= 15 is 0 Å². The zero-order valence-electron chi connectivity index (χ0n) is 11.8. The van der Waals surface area contributed by atoms with Gasteiger partial charge in [0.2, 0.25) is 0 Å². The third-order valence-corrected chi connectivity index (χ3v) is 4.95. The highest BCUT2D eigenvalue weighted by Gasteiger charge is 2.29. The molecule has 1 aliphatic heterocycles. The molecule has 1 aromatic rings. The van der Waals surface area contributed by atoms with E-state index in [1.165, 1.54) is 10.5 Å². The van der Waals surface area contributed by atoms with Gasteiger partial charge in [-0.2, -0.15) is 4.80 Å². The third-order valence-electron chi connectivity index (χ3n) is 3.54. The number of tetrazole rings is 1. The monoisotopic (exact) mass is 289 g/mol. The van der Waals surface area contributed by atoms with Crippen molar-refractivity contribution in [3.05, 3.63) is 40.6 Å². The highest BCUT2D eigenvalue weighted by molar-refractivity contribution is 8.04. The quantitative estimate of drug-likeness (QED) is 0.898. The van der Waals surface area contributed by atoms with Crippen molar-refractivity contribution < 1.29 is 0 Å². The van der Waals surface area contributed by atoms with Crippen molar-refractivity contribution in [1.82, 2.24) is 25.5 Å². The van der Waals surface area contributed by atoms with E-state index in [1.807, 2.05) is 25.7 Å². The number of aryl methyl sites for hydroxylation is 1. The first-order valence-electron chi connectivity index (χ1n) is 6.93. The summed E-state index contributed by atoms with van der Waals surface area (Å²) in [4.78, 5) is 3.11. The fraction of sp³-hybridized carbons (Fsp3) is 0.500. The maximum atomic E-state index is 4.40. The van der Waals surface area contributed by atoms with Crippen LogP contribution in [0.25, 0.3) is 0 Å². The largest absolute Gasteiger partial charge is 0.320 e. The molecule has 1 aromatic heterocycles. The first-order valence-corrected chi connectivity index (χ1v) is 7.81. The second kappa shape index (κ2) is 5.93. The summed E-state index contributed by atoms with van der Waals surface area (Å²) in [6.07, 6.45) is 11.0. The molecular formula is C14H19N5S. The second-order valence-electron chi connectivity index (χ2n) is 5.05. The van der Waals surface area contributed by atoms with Crippen LogP contribution in [0, 0.1) is 6.92 Å². The molecule has 2 atom stereocenters. The standard InChI is InChI=1S/C14H19N5S/c1-10-16-18-19(17-10)12(7-8-15-2)14-9-11-5-3-4-6-13(11)20-14/h3-5,9,12-13,15H,6-8H2,1-2H3. The molecule has 0 fully saturated rings. The van der Waals surface area contributed by atoms with Gasteiger partial charge in [-0.15, -0.1) is 22.0 Å². The highest BCUT2D eigenvalue weighted by Crippen LogP contribution is 2.45.